The molecule has 0 fully saturated rings. The Labute approximate surface area is 134 Å². The first-order chi connectivity index (χ1) is 10.3. The van der Waals surface area contributed by atoms with Gasteiger partial charge in [-0.25, -0.2) is 0 Å². The number of benzene rings is 2. The van der Waals surface area contributed by atoms with Crippen LogP contribution in [0.5, 0.6) is 0 Å². The van der Waals surface area contributed by atoms with Gasteiger partial charge in [0.2, 0.25) is 0 Å². The highest BCUT2D eigenvalue weighted by molar-refractivity contribution is 9.10. The van der Waals surface area contributed by atoms with Crippen molar-refractivity contribution in [2.75, 3.05) is 6.61 Å². The second-order valence-corrected chi connectivity index (χ2v) is 5.23. The van der Waals surface area contributed by atoms with Crippen LogP contribution in [0.4, 0.5) is 0 Å². The first kappa shape index (κ1) is 15.4. The van der Waals surface area contributed by atoms with E-state index in [1.54, 1.807) is 0 Å². The van der Waals surface area contributed by atoms with Crippen molar-refractivity contribution in [2.24, 2.45) is 0 Å². The molecule has 21 heavy (non-hydrogen) atoms. The van der Waals surface area contributed by atoms with Crippen LogP contribution in [-0.2, 0) is 4.74 Å². The van der Waals surface area contributed by atoms with Gasteiger partial charge in [0.25, 0.3) is 0 Å². The van der Waals surface area contributed by atoms with Crippen molar-refractivity contribution in [1.29, 1.82) is 0 Å². The van der Waals surface area contributed by atoms with Crippen molar-refractivity contribution < 1.29 is 4.74 Å². The molecule has 0 aromatic heterocycles. The monoisotopic (exact) mass is 338 g/mol. The Morgan fingerprint density at radius 2 is 1.81 bits per heavy atom. The summed E-state index contributed by atoms with van der Waals surface area (Å²) in [5.74, 6) is 2.52. The fourth-order valence-electron chi connectivity index (χ4n) is 2.11. The van der Waals surface area contributed by atoms with Gasteiger partial charge in [-0.3, -0.25) is 0 Å². The molecule has 2 rings (SSSR count). The number of ether oxygens (including phenoxy) is 1. The molecule has 0 aliphatic carbocycles. The van der Waals surface area contributed by atoms with Crippen LogP contribution >= 0.6 is 15.9 Å². The largest absolute Gasteiger partial charge is 0.355 e. The molecule has 0 N–H and O–H groups in total. The van der Waals surface area contributed by atoms with Crippen molar-refractivity contribution in [3.63, 3.8) is 0 Å². The summed E-state index contributed by atoms with van der Waals surface area (Å²) >= 11 is 3.57. The fourth-order valence-corrected chi connectivity index (χ4v) is 2.60. The topological polar surface area (TPSA) is 9.23 Å². The Morgan fingerprint density at radius 1 is 1.14 bits per heavy atom. The summed E-state index contributed by atoms with van der Waals surface area (Å²) in [6, 6.07) is 17.9. The Morgan fingerprint density at radius 3 is 2.43 bits per heavy atom. The second kappa shape index (κ2) is 7.67. The van der Waals surface area contributed by atoms with E-state index < -0.39 is 0 Å². The molecular weight excluding hydrogens is 324 g/mol. The summed E-state index contributed by atoms with van der Waals surface area (Å²) in [7, 11) is 0. The van der Waals surface area contributed by atoms with Crippen molar-refractivity contribution in [3.8, 4) is 12.3 Å². The number of hydrogen-bond donors (Lipinski definition) is 0. The van der Waals surface area contributed by atoms with Crippen LogP contribution in [0.1, 0.15) is 17.2 Å². The molecule has 2 aromatic carbocycles. The van der Waals surface area contributed by atoms with Crippen LogP contribution < -0.4 is 0 Å². The molecule has 0 bridgehead atoms. The highest BCUT2D eigenvalue weighted by atomic mass is 79.9. The van der Waals surface area contributed by atoms with E-state index in [-0.39, 0.29) is 12.7 Å². The Kier molecular flexibility index (Phi) is 5.60. The minimum atomic E-state index is -0.309. The van der Waals surface area contributed by atoms with Crippen LogP contribution in [0.3, 0.4) is 0 Å². The molecule has 0 amide bonds. The van der Waals surface area contributed by atoms with E-state index in [4.69, 9.17) is 11.2 Å². The maximum absolute atomic E-state index is 5.86. The van der Waals surface area contributed by atoms with Crippen molar-refractivity contribution in [2.45, 2.75) is 6.10 Å². The molecule has 2 heteroatoms. The minimum absolute atomic E-state index is 0.226. The first-order valence-corrected chi connectivity index (χ1v) is 7.32. The lowest BCUT2D eigenvalue weighted by atomic mass is 9.96. The Hall–Kier alpha value is -2.04. The first-order valence-electron chi connectivity index (χ1n) is 6.52. The third kappa shape index (κ3) is 3.74. The molecule has 1 nitrogen and oxygen atoms in total. The van der Waals surface area contributed by atoms with Gasteiger partial charge in [0, 0.05) is 15.6 Å². The molecule has 0 radical (unpaired) electrons. The van der Waals surface area contributed by atoms with Gasteiger partial charge in [0.15, 0.2) is 0 Å². The zero-order valence-electron chi connectivity index (χ0n) is 11.6. The molecule has 0 saturated heterocycles. The van der Waals surface area contributed by atoms with Crippen LogP contribution in [0.25, 0.3) is 5.57 Å². The predicted molar refractivity (Wildman–Crippen MR) is 90.7 cm³/mol. The summed E-state index contributed by atoms with van der Waals surface area (Å²) < 4.78 is 6.83. The van der Waals surface area contributed by atoms with Gasteiger partial charge in [-0.2, -0.15) is 0 Å². The van der Waals surface area contributed by atoms with E-state index in [2.05, 4.69) is 34.2 Å². The van der Waals surface area contributed by atoms with Gasteiger partial charge < -0.3 is 4.74 Å². The van der Waals surface area contributed by atoms with E-state index in [9.17, 15) is 0 Å². The maximum Gasteiger partial charge on any atom is 0.118 e. The number of halogens is 1. The highest BCUT2D eigenvalue weighted by Gasteiger charge is 2.20. The van der Waals surface area contributed by atoms with Crippen molar-refractivity contribution in [1.82, 2.24) is 0 Å². The third-order valence-electron chi connectivity index (χ3n) is 3.06. The Balaban J connectivity index is 2.48. The van der Waals surface area contributed by atoms with Crippen LogP contribution in [-0.4, -0.2) is 6.61 Å². The standard InChI is InChI=1S/C19H15BrO/c1-3-14-21-19(17-12-8-9-13-18(17)20)16(4-2)15-10-6-5-7-11-15/h1,5-13,19H,2,14H2. The average Bonchev–Trinajstić information content (AvgIpc) is 2.53. The zero-order valence-corrected chi connectivity index (χ0v) is 13.1. The fraction of sp³-hybridized carbons (Fsp3) is 0.105. The zero-order chi connectivity index (χ0) is 15.1. The summed E-state index contributed by atoms with van der Waals surface area (Å²) in [4.78, 5) is 0. The average molecular weight is 339 g/mol. The summed E-state index contributed by atoms with van der Waals surface area (Å²) in [6.07, 6.45) is 5.03. The Bertz CT molecular complexity index is 691. The molecular formula is C19H15BrO. The highest BCUT2D eigenvalue weighted by Crippen LogP contribution is 2.36. The van der Waals surface area contributed by atoms with Crippen LogP contribution in [0.15, 0.2) is 71.4 Å². The quantitative estimate of drug-likeness (QED) is 0.550. The van der Waals surface area contributed by atoms with E-state index in [1.165, 1.54) is 0 Å². The molecule has 0 aliphatic heterocycles. The summed E-state index contributed by atoms with van der Waals surface area (Å²) in [5.41, 5.74) is 5.90. The number of rotatable bonds is 5. The van der Waals surface area contributed by atoms with Gasteiger partial charge in [-0.1, -0.05) is 77.0 Å². The lowest BCUT2D eigenvalue weighted by Crippen LogP contribution is -2.08. The van der Waals surface area contributed by atoms with Gasteiger partial charge in [0.05, 0.1) is 0 Å². The smallest absolute Gasteiger partial charge is 0.118 e. The van der Waals surface area contributed by atoms with E-state index in [0.29, 0.717) is 0 Å². The van der Waals surface area contributed by atoms with Crippen LogP contribution in [0.2, 0.25) is 0 Å². The molecule has 0 spiro atoms. The molecule has 1 unspecified atom stereocenters. The third-order valence-corrected chi connectivity index (χ3v) is 3.78. The van der Waals surface area contributed by atoms with E-state index in [0.717, 1.165) is 21.2 Å². The van der Waals surface area contributed by atoms with Crippen molar-refractivity contribution >= 4 is 21.5 Å². The van der Waals surface area contributed by atoms with Gasteiger partial charge in [-0.15, -0.1) is 12.2 Å². The SMILES string of the molecule is C#CCOC(C(=C=C)c1ccccc1)c1ccccc1Br. The van der Waals surface area contributed by atoms with Crippen molar-refractivity contribution in [3.05, 3.63) is 82.5 Å². The van der Waals surface area contributed by atoms with Gasteiger partial charge in [-0.05, 0) is 11.6 Å². The minimum Gasteiger partial charge on any atom is -0.355 e. The summed E-state index contributed by atoms with van der Waals surface area (Å²) in [6.45, 7) is 4.04. The maximum atomic E-state index is 5.86. The molecule has 0 saturated carbocycles. The lowest BCUT2D eigenvalue weighted by Gasteiger charge is -2.20. The molecule has 2 aromatic rings. The van der Waals surface area contributed by atoms with Gasteiger partial charge in [0.1, 0.15) is 12.7 Å². The number of terminal acetylenes is 1. The van der Waals surface area contributed by atoms with Crippen LogP contribution in [0, 0.1) is 12.3 Å². The van der Waals surface area contributed by atoms with E-state index >= 15 is 0 Å². The number of hydrogen-bond acceptors (Lipinski definition) is 1. The van der Waals surface area contributed by atoms with Gasteiger partial charge >= 0.3 is 0 Å². The normalized spacial score (nSPS) is 11.2. The summed E-state index contributed by atoms with van der Waals surface area (Å²) in [5, 5.41) is 0. The predicted octanol–water partition coefficient (Wildman–Crippen LogP) is 5.01. The lowest BCUT2D eigenvalue weighted by molar-refractivity contribution is 0.121. The van der Waals surface area contributed by atoms with E-state index in [1.807, 2.05) is 54.6 Å². The second-order valence-electron chi connectivity index (χ2n) is 4.37. The molecule has 1 atom stereocenters. The molecule has 0 heterocycles. The molecule has 104 valence electrons. The molecule has 0 aliphatic rings.